The monoisotopic (exact) mass is 247 g/mol. The van der Waals surface area contributed by atoms with E-state index in [2.05, 4.69) is 9.97 Å². The lowest BCUT2D eigenvalue weighted by Gasteiger charge is -2.02. The van der Waals surface area contributed by atoms with Crippen LogP contribution in [-0.4, -0.2) is 20.5 Å². The average Bonchev–Trinajstić information content (AvgIpc) is 2.72. The molecule has 2 N–H and O–H groups in total. The van der Waals surface area contributed by atoms with Gasteiger partial charge in [-0.25, -0.2) is 4.98 Å². The van der Waals surface area contributed by atoms with Crippen molar-refractivity contribution in [2.75, 3.05) is 0 Å². The summed E-state index contributed by atoms with van der Waals surface area (Å²) in [7, 11) is 0. The predicted molar refractivity (Wildman–Crippen MR) is 66.6 cm³/mol. The molecule has 1 aromatic heterocycles. The minimum atomic E-state index is -0.627. The fourth-order valence-electron chi connectivity index (χ4n) is 1.50. The summed E-state index contributed by atoms with van der Waals surface area (Å²) in [6.45, 7) is 1.59. The number of halogens is 1. The van der Waals surface area contributed by atoms with Gasteiger partial charge >= 0.3 is 0 Å². The summed E-state index contributed by atoms with van der Waals surface area (Å²) in [5.41, 5.74) is 1.62. The van der Waals surface area contributed by atoms with Gasteiger partial charge in [0.25, 0.3) is 0 Å². The lowest BCUT2D eigenvalue weighted by atomic mass is 10.2. The SMILES string of the molecule is C[C@@H](Cl)C(O)=C(C#N)c1nc2ccccc2[nH]1. The molecule has 0 aliphatic rings. The average molecular weight is 248 g/mol. The Labute approximate surface area is 103 Å². The van der Waals surface area contributed by atoms with Gasteiger partial charge in [-0.2, -0.15) is 5.26 Å². The molecule has 0 saturated carbocycles. The number of hydrogen-bond acceptors (Lipinski definition) is 3. The molecule has 0 aliphatic heterocycles. The Kier molecular flexibility index (Phi) is 3.03. The van der Waals surface area contributed by atoms with Crippen molar-refractivity contribution >= 4 is 28.2 Å². The molecule has 0 radical (unpaired) electrons. The molecule has 2 aromatic rings. The summed E-state index contributed by atoms with van der Waals surface area (Å²) in [6, 6.07) is 9.31. The predicted octanol–water partition coefficient (Wildman–Crippen LogP) is 2.98. The maximum absolute atomic E-state index is 9.73. The molecule has 86 valence electrons. The van der Waals surface area contributed by atoms with Crippen LogP contribution in [-0.2, 0) is 0 Å². The van der Waals surface area contributed by atoms with E-state index in [4.69, 9.17) is 16.9 Å². The van der Waals surface area contributed by atoms with Crippen LogP contribution in [0.5, 0.6) is 0 Å². The van der Waals surface area contributed by atoms with Crippen LogP contribution >= 0.6 is 11.6 Å². The number of para-hydroxylation sites is 2. The summed E-state index contributed by atoms with van der Waals surface area (Å²) in [5.74, 6) is 0.159. The second-order valence-corrected chi connectivity index (χ2v) is 4.25. The number of nitrogens with one attached hydrogen (secondary N) is 1. The molecule has 2 rings (SSSR count). The van der Waals surface area contributed by atoms with Gasteiger partial charge in [0.15, 0.2) is 5.82 Å². The Morgan fingerprint density at radius 3 is 2.82 bits per heavy atom. The zero-order valence-electron chi connectivity index (χ0n) is 9.11. The number of nitriles is 1. The summed E-state index contributed by atoms with van der Waals surface area (Å²) in [5, 5.41) is 18.1. The molecule has 0 bridgehead atoms. The van der Waals surface area contributed by atoms with Gasteiger partial charge in [-0.05, 0) is 19.1 Å². The molecule has 0 unspecified atom stereocenters. The zero-order chi connectivity index (χ0) is 12.4. The molecule has 4 nitrogen and oxygen atoms in total. The molecule has 1 aromatic carbocycles. The van der Waals surface area contributed by atoms with Crippen LogP contribution in [0.4, 0.5) is 0 Å². The smallest absolute Gasteiger partial charge is 0.152 e. The number of aromatic amines is 1. The number of alkyl halides is 1. The Morgan fingerprint density at radius 1 is 1.53 bits per heavy atom. The van der Waals surface area contributed by atoms with Crippen molar-refractivity contribution in [3.05, 3.63) is 35.8 Å². The van der Waals surface area contributed by atoms with E-state index in [1.807, 2.05) is 30.3 Å². The van der Waals surface area contributed by atoms with Crippen LogP contribution in [0.3, 0.4) is 0 Å². The first-order valence-electron chi connectivity index (χ1n) is 5.06. The van der Waals surface area contributed by atoms with E-state index in [0.717, 1.165) is 11.0 Å². The Hall–Kier alpha value is -1.99. The molecular weight excluding hydrogens is 238 g/mol. The number of fused-ring (bicyclic) bond motifs is 1. The zero-order valence-corrected chi connectivity index (χ0v) is 9.86. The van der Waals surface area contributed by atoms with E-state index < -0.39 is 5.38 Å². The van der Waals surface area contributed by atoms with E-state index >= 15 is 0 Å². The summed E-state index contributed by atoms with van der Waals surface area (Å²) in [4.78, 5) is 7.21. The van der Waals surface area contributed by atoms with Gasteiger partial charge in [0, 0.05) is 0 Å². The molecule has 1 atom stereocenters. The van der Waals surface area contributed by atoms with Crippen molar-refractivity contribution in [1.82, 2.24) is 9.97 Å². The van der Waals surface area contributed by atoms with Crippen LogP contribution in [0.1, 0.15) is 12.7 Å². The van der Waals surface area contributed by atoms with Crippen molar-refractivity contribution < 1.29 is 5.11 Å². The Morgan fingerprint density at radius 2 is 2.24 bits per heavy atom. The van der Waals surface area contributed by atoms with Crippen molar-refractivity contribution in [3.63, 3.8) is 0 Å². The maximum Gasteiger partial charge on any atom is 0.152 e. The molecule has 0 amide bonds. The maximum atomic E-state index is 9.73. The first-order chi connectivity index (χ1) is 8.13. The number of aliphatic hydroxyl groups is 1. The van der Waals surface area contributed by atoms with Gasteiger partial charge in [-0.1, -0.05) is 12.1 Å². The third-order valence-electron chi connectivity index (χ3n) is 2.37. The highest BCUT2D eigenvalue weighted by Crippen LogP contribution is 2.21. The van der Waals surface area contributed by atoms with Crippen LogP contribution in [0.2, 0.25) is 0 Å². The van der Waals surface area contributed by atoms with Crippen molar-refractivity contribution in [3.8, 4) is 6.07 Å². The second-order valence-electron chi connectivity index (χ2n) is 3.59. The first kappa shape index (κ1) is 11.5. The van der Waals surface area contributed by atoms with Crippen LogP contribution in [0, 0.1) is 11.3 Å². The molecular formula is C12H10ClN3O. The third-order valence-corrected chi connectivity index (χ3v) is 2.58. The number of nitrogens with zero attached hydrogens (tertiary/aromatic N) is 2. The second kappa shape index (κ2) is 4.48. The molecule has 17 heavy (non-hydrogen) atoms. The van der Waals surface area contributed by atoms with Crippen LogP contribution in [0.25, 0.3) is 16.6 Å². The topological polar surface area (TPSA) is 72.7 Å². The van der Waals surface area contributed by atoms with Crippen molar-refractivity contribution in [1.29, 1.82) is 5.26 Å². The van der Waals surface area contributed by atoms with E-state index in [1.165, 1.54) is 0 Å². The summed E-state index contributed by atoms with van der Waals surface area (Å²) in [6.07, 6.45) is 0. The number of aromatic nitrogens is 2. The molecule has 0 saturated heterocycles. The van der Waals surface area contributed by atoms with Crippen molar-refractivity contribution in [2.45, 2.75) is 12.3 Å². The molecule has 0 spiro atoms. The summed E-state index contributed by atoms with van der Waals surface area (Å²) < 4.78 is 0. The number of rotatable bonds is 2. The van der Waals surface area contributed by atoms with Gasteiger partial charge in [-0.15, -0.1) is 11.6 Å². The lowest BCUT2D eigenvalue weighted by molar-refractivity contribution is 0.400. The highest BCUT2D eigenvalue weighted by Gasteiger charge is 2.16. The molecule has 0 aliphatic carbocycles. The fraction of sp³-hybridized carbons (Fsp3) is 0.167. The lowest BCUT2D eigenvalue weighted by Crippen LogP contribution is -2.01. The number of imidazole rings is 1. The number of allylic oxidation sites excluding steroid dienone is 2. The van der Waals surface area contributed by atoms with Gasteiger partial charge < -0.3 is 10.1 Å². The third kappa shape index (κ3) is 2.10. The first-order valence-corrected chi connectivity index (χ1v) is 5.49. The number of hydrogen-bond donors (Lipinski definition) is 2. The highest BCUT2D eigenvalue weighted by atomic mass is 35.5. The van der Waals surface area contributed by atoms with Gasteiger partial charge in [-0.3, -0.25) is 0 Å². The fourth-order valence-corrected chi connectivity index (χ4v) is 1.61. The van der Waals surface area contributed by atoms with E-state index in [0.29, 0.717) is 5.82 Å². The minimum Gasteiger partial charge on any atom is -0.509 e. The molecule has 1 heterocycles. The Bertz CT molecular complexity index is 589. The quantitative estimate of drug-likeness (QED) is 0.487. The van der Waals surface area contributed by atoms with Gasteiger partial charge in [0.05, 0.1) is 16.4 Å². The van der Waals surface area contributed by atoms with Gasteiger partial charge in [0.1, 0.15) is 17.4 Å². The molecule has 5 heteroatoms. The normalized spacial score (nSPS) is 14.2. The largest absolute Gasteiger partial charge is 0.509 e. The molecule has 0 fully saturated rings. The van der Waals surface area contributed by atoms with Crippen molar-refractivity contribution in [2.24, 2.45) is 0 Å². The minimum absolute atomic E-state index is 0.0729. The van der Waals surface area contributed by atoms with Gasteiger partial charge in [0.2, 0.25) is 0 Å². The van der Waals surface area contributed by atoms with E-state index in [1.54, 1.807) is 6.92 Å². The number of aliphatic hydroxyl groups excluding tert-OH is 1. The van der Waals surface area contributed by atoms with E-state index in [-0.39, 0.29) is 11.3 Å². The van der Waals surface area contributed by atoms with Crippen LogP contribution in [0.15, 0.2) is 30.0 Å². The Balaban J connectivity index is 2.60. The number of benzene rings is 1. The number of H-pyrrole nitrogens is 1. The highest BCUT2D eigenvalue weighted by molar-refractivity contribution is 6.22. The van der Waals surface area contributed by atoms with E-state index in [9.17, 15) is 5.11 Å². The van der Waals surface area contributed by atoms with Crippen LogP contribution < -0.4 is 0 Å². The standard InChI is InChI=1S/C12H10ClN3O/c1-7(13)11(17)8(6-14)12-15-9-4-2-3-5-10(9)16-12/h2-5,7,17H,1H3,(H,15,16)/t7-/m1/s1. The summed E-state index contributed by atoms with van der Waals surface area (Å²) >= 11 is 5.75.